The molecular weight excluding hydrogens is 458 g/mol. The molecule has 0 amide bonds. The lowest BCUT2D eigenvalue weighted by Crippen LogP contribution is -2.46. The van der Waals surface area contributed by atoms with E-state index in [1.165, 1.54) is 0 Å². The van der Waals surface area contributed by atoms with Crippen molar-refractivity contribution in [3.05, 3.63) is 131 Å². The zero-order valence-electron chi connectivity index (χ0n) is 20.9. The minimum Gasteiger partial charge on any atom is -0.396 e. The van der Waals surface area contributed by atoms with Gasteiger partial charge in [0.15, 0.2) is 0 Å². The first kappa shape index (κ1) is 23.6. The van der Waals surface area contributed by atoms with Gasteiger partial charge in [0.25, 0.3) is 0 Å². The lowest BCUT2D eigenvalue weighted by atomic mass is 9.69. The highest BCUT2D eigenvalue weighted by atomic mass is 16.5. The molecule has 3 atom stereocenters. The summed E-state index contributed by atoms with van der Waals surface area (Å²) in [7, 11) is 0. The van der Waals surface area contributed by atoms with Gasteiger partial charge in [0.2, 0.25) is 0 Å². The fourth-order valence-electron chi connectivity index (χ4n) is 5.85. The Labute approximate surface area is 217 Å². The second-order valence-electron chi connectivity index (χ2n) is 9.98. The highest BCUT2D eigenvalue weighted by molar-refractivity contribution is 5.77. The third-order valence-corrected chi connectivity index (χ3v) is 7.93. The number of aliphatic hydroxyl groups excluding tert-OH is 1. The molecule has 5 aromatic rings. The average Bonchev–Trinajstić information content (AvgIpc) is 3.37. The summed E-state index contributed by atoms with van der Waals surface area (Å²) in [5, 5.41) is 19.2. The highest BCUT2D eigenvalue weighted by Crippen LogP contribution is 2.48. The Kier molecular flexibility index (Phi) is 6.33. The summed E-state index contributed by atoms with van der Waals surface area (Å²) in [6.07, 6.45) is 0.853. The molecule has 0 saturated heterocycles. The Balaban J connectivity index is 1.41. The van der Waals surface area contributed by atoms with Crippen LogP contribution in [0.2, 0.25) is 0 Å². The SMILES string of the molecule is Cc1cccc2c1nnn2[C@@H]1C[C@H](CO)[C@H]1COC(c1ccccc1)(c1ccccc1)c1ccccc1. The van der Waals surface area contributed by atoms with Crippen molar-refractivity contribution < 1.29 is 9.84 Å². The fourth-order valence-corrected chi connectivity index (χ4v) is 5.85. The molecule has 0 bridgehead atoms. The summed E-state index contributed by atoms with van der Waals surface area (Å²) in [6.45, 7) is 2.67. The molecule has 1 heterocycles. The Morgan fingerprint density at radius 2 is 1.38 bits per heavy atom. The molecule has 0 unspecified atom stereocenters. The van der Waals surface area contributed by atoms with Gasteiger partial charge in [-0.1, -0.05) is 108 Å². The predicted molar refractivity (Wildman–Crippen MR) is 145 cm³/mol. The Morgan fingerprint density at radius 1 is 0.811 bits per heavy atom. The molecule has 6 rings (SSSR count). The molecule has 1 saturated carbocycles. The largest absolute Gasteiger partial charge is 0.396 e. The van der Waals surface area contributed by atoms with Crippen LogP contribution in [0.4, 0.5) is 0 Å². The lowest BCUT2D eigenvalue weighted by Gasteiger charge is -2.46. The van der Waals surface area contributed by atoms with Crippen LogP contribution >= 0.6 is 0 Å². The van der Waals surface area contributed by atoms with Gasteiger partial charge in [-0.3, -0.25) is 0 Å². The summed E-state index contributed by atoms with van der Waals surface area (Å²) >= 11 is 0. The van der Waals surface area contributed by atoms with E-state index in [-0.39, 0.29) is 24.5 Å². The van der Waals surface area contributed by atoms with Gasteiger partial charge in [-0.25, -0.2) is 4.68 Å². The molecule has 37 heavy (non-hydrogen) atoms. The zero-order valence-corrected chi connectivity index (χ0v) is 20.9. The summed E-state index contributed by atoms with van der Waals surface area (Å²) < 4.78 is 9.15. The maximum atomic E-state index is 10.2. The quantitative estimate of drug-likeness (QED) is 0.275. The van der Waals surface area contributed by atoms with Crippen molar-refractivity contribution in [2.75, 3.05) is 13.2 Å². The topological polar surface area (TPSA) is 60.2 Å². The normalized spacial score (nSPS) is 19.6. The van der Waals surface area contributed by atoms with E-state index in [9.17, 15) is 5.11 Å². The second-order valence-corrected chi connectivity index (χ2v) is 9.98. The van der Waals surface area contributed by atoms with Gasteiger partial charge in [-0.05, 0) is 47.6 Å². The smallest absolute Gasteiger partial charge is 0.143 e. The first-order chi connectivity index (χ1) is 18.2. The van der Waals surface area contributed by atoms with Gasteiger partial charge in [-0.2, -0.15) is 0 Å². The van der Waals surface area contributed by atoms with Crippen LogP contribution in [0.15, 0.2) is 109 Å². The number of fused-ring (bicyclic) bond motifs is 1. The van der Waals surface area contributed by atoms with Crippen LogP contribution in [0.25, 0.3) is 11.0 Å². The van der Waals surface area contributed by atoms with Crippen molar-refractivity contribution in [2.45, 2.75) is 25.0 Å². The molecule has 1 aliphatic carbocycles. The summed E-state index contributed by atoms with van der Waals surface area (Å²) in [6, 6.07) is 37.6. The second kappa shape index (κ2) is 9.92. The number of nitrogens with zero attached hydrogens (tertiary/aromatic N) is 3. The molecule has 5 nitrogen and oxygen atoms in total. The van der Waals surface area contributed by atoms with E-state index in [1.54, 1.807) is 0 Å². The third kappa shape index (κ3) is 4.05. The molecule has 0 spiro atoms. The monoisotopic (exact) mass is 489 g/mol. The number of aliphatic hydroxyl groups is 1. The molecule has 1 fully saturated rings. The average molecular weight is 490 g/mol. The van der Waals surface area contributed by atoms with Crippen LogP contribution in [-0.2, 0) is 10.3 Å². The molecule has 0 radical (unpaired) electrons. The molecule has 5 heteroatoms. The van der Waals surface area contributed by atoms with E-state index < -0.39 is 5.60 Å². The summed E-state index contributed by atoms with van der Waals surface area (Å²) in [5.74, 6) is 0.250. The number of aromatic nitrogens is 3. The van der Waals surface area contributed by atoms with Crippen LogP contribution in [0.1, 0.15) is 34.7 Å². The zero-order chi connectivity index (χ0) is 25.2. The molecular formula is C32H31N3O2. The van der Waals surface area contributed by atoms with Gasteiger partial charge >= 0.3 is 0 Å². The number of aryl methyl sites for hydroxylation is 1. The molecule has 4 aromatic carbocycles. The first-order valence-corrected chi connectivity index (χ1v) is 12.9. The lowest BCUT2D eigenvalue weighted by molar-refractivity contribution is -0.0788. The number of rotatable bonds is 8. The molecule has 1 aliphatic rings. The number of ether oxygens (including phenoxy) is 1. The van der Waals surface area contributed by atoms with E-state index in [1.807, 2.05) is 22.9 Å². The van der Waals surface area contributed by atoms with E-state index in [0.717, 1.165) is 39.7 Å². The first-order valence-electron chi connectivity index (χ1n) is 12.9. The van der Waals surface area contributed by atoms with E-state index in [2.05, 4.69) is 108 Å². The van der Waals surface area contributed by atoms with Gasteiger partial charge in [-0.15, -0.1) is 5.10 Å². The Hall–Kier alpha value is -3.80. The third-order valence-electron chi connectivity index (χ3n) is 7.93. The molecule has 1 aromatic heterocycles. The predicted octanol–water partition coefficient (Wildman–Crippen LogP) is 5.92. The van der Waals surface area contributed by atoms with Gasteiger partial charge in [0.1, 0.15) is 11.1 Å². The van der Waals surface area contributed by atoms with Crippen LogP contribution in [-0.4, -0.2) is 33.3 Å². The van der Waals surface area contributed by atoms with Crippen molar-refractivity contribution in [2.24, 2.45) is 11.8 Å². The minimum absolute atomic E-state index is 0.103. The van der Waals surface area contributed by atoms with E-state index in [4.69, 9.17) is 4.74 Å². The Bertz CT molecular complexity index is 1370. The summed E-state index contributed by atoms with van der Waals surface area (Å²) in [5.41, 5.74) is 5.52. The van der Waals surface area contributed by atoms with Crippen LogP contribution in [0.5, 0.6) is 0 Å². The molecule has 1 N–H and O–H groups in total. The van der Waals surface area contributed by atoms with Crippen molar-refractivity contribution >= 4 is 11.0 Å². The van der Waals surface area contributed by atoms with Crippen molar-refractivity contribution in [1.29, 1.82) is 0 Å². The van der Waals surface area contributed by atoms with Crippen molar-refractivity contribution in [1.82, 2.24) is 15.0 Å². The van der Waals surface area contributed by atoms with Crippen molar-refractivity contribution in [3.8, 4) is 0 Å². The van der Waals surface area contributed by atoms with Crippen LogP contribution in [0, 0.1) is 18.8 Å². The minimum atomic E-state index is -0.787. The highest BCUT2D eigenvalue weighted by Gasteiger charge is 2.46. The van der Waals surface area contributed by atoms with E-state index in [0.29, 0.717) is 6.61 Å². The van der Waals surface area contributed by atoms with Gasteiger partial charge < -0.3 is 9.84 Å². The van der Waals surface area contributed by atoms with Crippen LogP contribution < -0.4 is 0 Å². The number of hydrogen-bond acceptors (Lipinski definition) is 4. The van der Waals surface area contributed by atoms with Gasteiger partial charge in [0.05, 0.1) is 18.2 Å². The number of benzene rings is 4. The van der Waals surface area contributed by atoms with Crippen LogP contribution in [0.3, 0.4) is 0 Å². The Morgan fingerprint density at radius 3 is 1.92 bits per heavy atom. The number of hydrogen-bond donors (Lipinski definition) is 1. The van der Waals surface area contributed by atoms with E-state index >= 15 is 0 Å². The molecule has 0 aliphatic heterocycles. The molecule has 186 valence electrons. The summed E-state index contributed by atoms with van der Waals surface area (Å²) in [4.78, 5) is 0. The van der Waals surface area contributed by atoms with Gasteiger partial charge in [0, 0.05) is 12.5 Å². The maximum Gasteiger partial charge on any atom is 0.143 e. The van der Waals surface area contributed by atoms with Crippen molar-refractivity contribution in [3.63, 3.8) is 0 Å². The maximum absolute atomic E-state index is 10.2. The fraction of sp³-hybridized carbons (Fsp3) is 0.250. The standard InChI is InChI=1S/C32H31N3O2/c1-23-12-11-19-29-31(23)33-34-35(29)30-20-24(21-36)28(30)22-37-32(25-13-5-2-6-14-25,26-15-7-3-8-16-26)27-17-9-4-10-18-27/h2-19,24,28,30,36H,20-22H2,1H3/t24-,28-,30-/m1/s1.